The normalized spacial score (nSPS) is 30.9. The minimum atomic E-state index is -0.251. The molecule has 16 heavy (non-hydrogen) atoms. The van der Waals surface area contributed by atoms with Crippen LogP contribution in [0.1, 0.15) is 24.1 Å². The zero-order valence-electron chi connectivity index (χ0n) is 9.02. The van der Waals surface area contributed by atoms with Crippen molar-refractivity contribution in [2.45, 2.75) is 31.3 Å². The maximum atomic E-state index is 11.8. The van der Waals surface area contributed by atoms with E-state index in [1.165, 1.54) is 6.42 Å². The van der Waals surface area contributed by atoms with E-state index in [9.17, 15) is 4.79 Å². The van der Waals surface area contributed by atoms with Crippen molar-refractivity contribution in [3.05, 3.63) is 34.5 Å². The lowest BCUT2D eigenvalue weighted by atomic mass is 10.0. The monoisotopic (exact) mass is 234 g/mol. The van der Waals surface area contributed by atoms with Gasteiger partial charge in [-0.3, -0.25) is 4.79 Å². The van der Waals surface area contributed by atoms with Crippen molar-refractivity contribution in [2.75, 3.05) is 0 Å². The highest BCUT2D eigenvalue weighted by Gasteiger charge is 2.43. The number of carbonyl (C=O) groups is 1. The highest BCUT2D eigenvalue weighted by Crippen LogP contribution is 2.44. The number of rotatable bonds is 3. The van der Waals surface area contributed by atoms with Crippen LogP contribution in [0.2, 0.25) is 0 Å². The molecule has 0 radical (unpaired) electrons. The summed E-state index contributed by atoms with van der Waals surface area (Å²) in [6, 6.07) is 3.94. The van der Waals surface area contributed by atoms with Gasteiger partial charge in [0.15, 0.2) is 0 Å². The Hall–Kier alpha value is -1.09. The molecule has 0 saturated heterocycles. The second-order valence-electron chi connectivity index (χ2n) is 4.66. The highest BCUT2D eigenvalue weighted by molar-refractivity contribution is 7.10. The van der Waals surface area contributed by atoms with Gasteiger partial charge in [0.2, 0.25) is 0 Å². The van der Waals surface area contributed by atoms with E-state index in [4.69, 9.17) is 4.74 Å². The molecule has 1 saturated carbocycles. The Morgan fingerprint density at radius 2 is 2.56 bits per heavy atom. The van der Waals surface area contributed by atoms with Crippen LogP contribution in [0.25, 0.3) is 0 Å². The van der Waals surface area contributed by atoms with E-state index in [1.54, 1.807) is 11.3 Å². The van der Waals surface area contributed by atoms with Crippen LogP contribution in [-0.4, -0.2) is 11.6 Å². The van der Waals surface area contributed by atoms with Crippen molar-refractivity contribution in [3.63, 3.8) is 0 Å². The van der Waals surface area contributed by atoms with Crippen LogP contribution >= 0.6 is 11.3 Å². The Morgan fingerprint density at radius 1 is 1.62 bits per heavy atom. The molecule has 2 aliphatic rings. The molecule has 0 N–H and O–H groups in total. The number of esters is 1. The first-order chi connectivity index (χ1) is 7.76. The van der Waals surface area contributed by atoms with Crippen LogP contribution in [0, 0.1) is 5.92 Å². The van der Waals surface area contributed by atoms with Crippen LogP contribution in [-0.2, 0) is 16.0 Å². The van der Waals surface area contributed by atoms with Crippen molar-refractivity contribution < 1.29 is 9.53 Å². The molecule has 0 aliphatic heterocycles. The molecule has 2 unspecified atom stereocenters. The van der Waals surface area contributed by atoms with E-state index in [1.807, 2.05) is 17.5 Å². The number of hydrogen-bond donors (Lipinski definition) is 0. The van der Waals surface area contributed by atoms with Crippen molar-refractivity contribution in [3.8, 4) is 0 Å². The predicted octanol–water partition coefficient (Wildman–Crippen LogP) is 2.94. The van der Waals surface area contributed by atoms with Crippen molar-refractivity contribution in [1.82, 2.24) is 0 Å². The third-order valence-electron chi connectivity index (χ3n) is 3.43. The summed E-state index contributed by atoms with van der Waals surface area (Å²) in [5, 5.41) is 1.99. The van der Waals surface area contributed by atoms with Crippen molar-refractivity contribution >= 4 is 17.3 Å². The standard InChI is InChI=1S/C13H14O2S/c14-12(8-11-2-1-7-16-11)15-13-5-3-10(9-13)4-6-13/h1-3,5,7,10H,4,6,8-9H2. The van der Waals surface area contributed by atoms with E-state index in [-0.39, 0.29) is 11.6 Å². The minimum Gasteiger partial charge on any atom is -0.455 e. The quantitative estimate of drug-likeness (QED) is 0.593. The van der Waals surface area contributed by atoms with Gasteiger partial charge >= 0.3 is 5.97 Å². The molecular formula is C13H14O2S. The second-order valence-corrected chi connectivity index (χ2v) is 5.69. The smallest absolute Gasteiger partial charge is 0.311 e. The summed E-state index contributed by atoms with van der Waals surface area (Å²) in [5.74, 6) is 0.559. The van der Waals surface area contributed by atoms with Crippen molar-refractivity contribution in [2.24, 2.45) is 5.92 Å². The molecule has 0 amide bonds. The van der Waals surface area contributed by atoms with Crippen molar-refractivity contribution in [1.29, 1.82) is 0 Å². The molecule has 2 nitrogen and oxygen atoms in total. The molecule has 2 bridgehead atoms. The molecule has 3 heteroatoms. The molecule has 1 aromatic heterocycles. The van der Waals surface area contributed by atoms with Gasteiger partial charge < -0.3 is 4.74 Å². The van der Waals surface area contributed by atoms with Gasteiger partial charge in [-0.2, -0.15) is 0 Å². The number of thiophene rings is 1. The van der Waals surface area contributed by atoms with Gasteiger partial charge in [-0.25, -0.2) is 0 Å². The molecule has 0 spiro atoms. The summed E-state index contributed by atoms with van der Waals surface area (Å²) >= 11 is 1.61. The maximum absolute atomic E-state index is 11.8. The molecule has 84 valence electrons. The second kappa shape index (κ2) is 3.74. The molecule has 2 atom stereocenters. The van der Waals surface area contributed by atoms with Gasteiger partial charge in [-0.15, -0.1) is 11.3 Å². The number of carbonyl (C=O) groups excluding carboxylic acids is 1. The maximum Gasteiger partial charge on any atom is 0.311 e. The zero-order chi connectivity index (χ0) is 11.0. The number of hydrogen-bond acceptors (Lipinski definition) is 3. The van der Waals surface area contributed by atoms with Crippen LogP contribution in [0.4, 0.5) is 0 Å². The molecule has 1 fully saturated rings. The molecule has 2 aliphatic carbocycles. The fourth-order valence-electron chi connectivity index (χ4n) is 2.65. The average molecular weight is 234 g/mol. The van der Waals surface area contributed by atoms with E-state index < -0.39 is 0 Å². The summed E-state index contributed by atoms with van der Waals surface area (Å²) in [5.41, 5.74) is -0.251. The van der Waals surface area contributed by atoms with Gasteiger partial charge in [0.05, 0.1) is 6.42 Å². The van der Waals surface area contributed by atoms with E-state index >= 15 is 0 Å². The Morgan fingerprint density at radius 3 is 3.12 bits per heavy atom. The van der Waals surface area contributed by atoms with Crippen LogP contribution in [0.15, 0.2) is 29.7 Å². The first-order valence-corrected chi connectivity index (χ1v) is 6.57. The number of allylic oxidation sites excluding steroid dienone is 1. The van der Waals surface area contributed by atoms with Gasteiger partial charge in [0.1, 0.15) is 5.60 Å². The van der Waals surface area contributed by atoms with Crippen LogP contribution in [0.5, 0.6) is 0 Å². The SMILES string of the molecule is O=C(Cc1cccs1)OC12C=CC(CC1)C2. The Balaban J connectivity index is 1.63. The fourth-order valence-corrected chi connectivity index (χ4v) is 3.34. The summed E-state index contributed by atoms with van der Waals surface area (Å²) in [7, 11) is 0. The average Bonchev–Trinajstić information content (AvgIpc) is 2.92. The van der Waals surface area contributed by atoms with E-state index in [0.717, 1.165) is 17.7 Å². The number of fused-ring (bicyclic) bond motifs is 2. The van der Waals surface area contributed by atoms with Crippen LogP contribution < -0.4 is 0 Å². The Kier molecular flexibility index (Phi) is 2.36. The lowest BCUT2D eigenvalue weighted by molar-refractivity contribution is -0.153. The lowest BCUT2D eigenvalue weighted by Crippen LogP contribution is -2.29. The largest absolute Gasteiger partial charge is 0.455 e. The molecule has 1 heterocycles. The van der Waals surface area contributed by atoms with Gasteiger partial charge in [0, 0.05) is 4.88 Å². The first-order valence-electron chi connectivity index (χ1n) is 5.69. The number of ether oxygens (including phenoxy) is 1. The van der Waals surface area contributed by atoms with Gasteiger partial charge in [0.25, 0.3) is 0 Å². The zero-order valence-corrected chi connectivity index (χ0v) is 9.83. The Bertz CT molecular complexity index is 421. The summed E-state index contributed by atoms with van der Waals surface area (Å²) in [4.78, 5) is 12.9. The first kappa shape index (κ1) is 10.1. The molecule has 3 rings (SSSR count). The molecule has 1 aromatic rings. The van der Waals surface area contributed by atoms with Gasteiger partial charge in [-0.1, -0.05) is 12.1 Å². The topological polar surface area (TPSA) is 26.3 Å². The van der Waals surface area contributed by atoms with Crippen LogP contribution in [0.3, 0.4) is 0 Å². The van der Waals surface area contributed by atoms with E-state index in [2.05, 4.69) is 12.2 Å². The van der Waals surface area contributed by atoms with Gasteiger partial charge in [-0.05, 0) is 42.7 Å². The molecular weight excluding hydrogens is 220 g/mol. The highest BCUT2D eigenvalue weighted by atomic mass is 32.1. The summed E-state index contributed by atoms with van der Waals surface area (Å²) in [6.45, 7) is 0. The third-order valence-corrected chi connectivity index (χ3v) is 4.31. The summed E-state index contributed by atoms with van der Waals surface area (Å²) in [6.07, 6.45) is 7.88. The minimum absolute atomic E-state index is 0.0883. The fraction of sp³-hybridized carbons (Fsp3) is 0.462. The third kappa shape index (κ3) is 1.80. The Labute approximate surface area is 98.9 Å². The molecule has 0 aromatic carbocycles. The lowest BCUT2D eigenvalue weighted by Gasteiger charge is -2.23. The summed E-state index contributed by atoms with van der Waals surface area (Å²) < 4.78 is 5.64. The predicted molar refractivity (Wildman–Crippen MR) is 63.3 cm³/mol. The van der Waals surface area contributed by atoms with E-state index in [0.29, 0.717) is 12.3 Å².